The van der Waals surface area contributed by atoms with E-state index in [1.165, 1.54) is 0 Å². The van der Waals surface area contributed by atoms with E-state index >= 15 is 0 Å². The van der Waals surface area contributed by atoms with Gasteiger partial charge in [-0.2, -0.15) is 0 Å². The van der Waals surface area contributed by atoms with Gasteiger partial charge >= 0.3 is 0 Å². The van der Waals surface area contributed by atoms with Crippen molar-refractivity contribution in [1.82, 2.24) is 4.90 Å². The number of hydrogen-bond donors (Lipinski definition) is 2. The third-order valence-corrected chi connectivity index (χ3v) is 11.1. The molecule has 152 valence electrons. The molecule has 6 heteroatoms. The second-order valence-electron chi connectivity index (χ2n) is 9.42. The van der Waals surface area contributed by atoms with Crippen LogP contribution >= 0.6 is 0 Å². The largest absolute Gasteiger partial charge is 0.417 e. The van der Waals surface area contributed by atoms with Crippen LogP contribution in [0.15, 0.2) is 18.2 Å². The quantitative estimate of drug-likeness (QED) is 0.406. The SMILES string of the molecule is CN1C(=O)CCC1(C)c1ccc(NCCCO[Si](C)(C)C(C)(C)C)c(N)c1. The Bertz CT molecular complexity index is 684. The molecular weight excluding hydrogens is 354 g/mol. The van der Waals surface area contributed by atoms with E-state index in [1.54, 1.807) is 0 Å². The van der Waals surface area contributed by atoms with E-state index in [1.807, 2.05) is 24.1 Å². The number of anilines is 2. The highest BCUT2D eigenvalue weighted by Crippen LogP contribution is 2.39. The van der Waals surface area contributed by atoms with Gasteiger partial charge in [-0.05, 0) is 55.6 Å². The molecule has 1 amide bonds. The molecule has 0 aliphatic carbocycles. The summed E-state index contributed by atoms with van der Waals surface area (Å²) in [5, 5.41) is 3.66. The number of nitrogens with two attached hydrogens (primary N) is 1. The molecule has 0 aromatic heterocycles. The second-order valence-corrected chi connectivity index (χ2v) is 14.2. The molecule has 3 N–H and O–H groups in total. The van der Waals surface area contributed by atoms with Crippen molar-refractivity contribution in [2.75, 3.05) is 31.2 Å². The lowest BCUT2D eigenvalue weighted by Crippen LogP contribution is -2.41. The van der Waals surface area contributed by atoms with Gasteiger partial charge in [0.25, 0.3) is 0 Å². The van der Waals surface area contributed by atoms with E-state index in [-0.39, 0.29) is 16.5 Å². The summed E-state index contributed by atoms with van der Waals surface area (Å²) in [6, 6.07) is 6.12. The van der Waals surface area contributed by atoms with Crippen LogP contribution in [0.25, 0.3) is 0 Å². The van der Waals surface area contributed by atoms with Crippen LogP contribution in [-0.4, -0.2) is 39.3 Å². The summed E-state index contributed by atoms with van der Waals surface area (Å²) in [6.45, 7) is 15.0. The monoisotopic (exact) mass is 391 g/mol. The highest BCUT2D eigenvalue weighted by Gasteiger charge is 2.40. The number of likely N-dealkylation sites (tertiary alicyclic amines) is 1. The van der Waals surface area contributed by atoms with Gasteiger partial charge in [0, 0.05) is 26.6 Å². The first-order valence-corrected chi connectivity index (χ1v) is 12.8. The first kappa shape index (κ1) is 21.8. The van der Waals surface area contributed by atoms with Gasteiger partial charge in [0.2, 0.25) is 5.91 Å². The minimum Gasteiger partial charge on any atom is -0.417 e. The summed E-state index contributed by atoms with van der Waals surface area (Å²) >= 11 is 0. The van der Waals surface area contributed by atoms with Crippen LogP contribution in [0.5, 0.6) is 0 Å². The second kappa shape index (κ2) is 7.84. The Kier molecular flexibility index (Phi) is 6.32. The van der Waals surface area contributed by atoms with E-state index in [0.29, 0.717) is 6.42 Å². The zero-order valence-electron chi connectivity index (χ0n) is 18.1. The lowest BCUT2D eigenvalue weighted by Gasteiger charge is -2.36. The summed E-state index contributed by atoms with van der Waals surface area (Å²) in [4.78, 5) is 13.8. The number of nitrogens with zero attached hydrogens (tertiary/aromatic N) is 1. The lowest BCUT2D eigenvalue weighted by molar-refractivity contribution is -0.129. The zero-order chi connectivity index (χ0) is 20.5. The van der Waals surface area contributed by atoms with E-state index in [2.05, 4.69) is 52.2 Å². The molecule has 1 aliphatic heterocycles. The molecule has 2 rings (SSSR count). The maximum atomic E-state index is 11.9. The van der Waals surface area contributed by atoms with Crippen molar-refractivity contribution in [1.29, 1.82) is 0 Å². The average molecular weight is 392 g/mol. The van der Waals surface area contributed by atoms with E-state index in [4.69, 9.17) is 10.2 Å². The molecule has 1 aromatic carbocycles. The molecular formula is C21H37N3O2Si. The molecule has 1 fully saturated rings. The summed E-state index contributed by atoms with van der Waals surface area (Å²) in [7, 11) is 0.202. The normalized spacial score (nSPS) is 21.0. The first-order chi connectivity index (χ1) is 12.4. The number of benzene rings is 1. The van der Waals surface area contributed by atoms with E-state index < -0.39 is 8.32 Å². The molecule has 0 bridgehead atoms. The molecule has 0 radical (unpaired) electrons. The third-order valence-electron chi connectivity index (χ3n) is 6.52. The minimum atomic E-state index is -1.67. The smallest absolute Gasteiger partial charge is 0.223 e. The van der Waals surface area contributed by atoms with Gasteiger partial charge in [-0.1, -0.05) is 26.8 Å². The van der Waals surface area contributed by atoms with Crippen molar-refractivity contribution in [3.8, 4) is 0 Å². The summed E-state index contributed by atoms with van der Waals surface area (Å²) in [5.41, 5.74) is 8.79. The summed E-state index contributed by atoms with van der Waals surface area (Å²) in [6.07, 6.45) is 2.38. The molecule has 27 heavy (non-hydrogen) atoms. The third kappa shape index (κ3) is 4.66. The van der Waals surface area contributed by atoms with Crippen LogP contribution in [-0.2, 0) is 14.8 Å². The molecule has 0 spiro atoms. The van der Waals surface area contributed by atoms with Crippen molar-refractivity contribution in [2.24, 2.45) is 0 Å². The number of carbonyl (C=O) groups excluding carboxylic acids is 1. The zero-order valence-corrected chi connectivity index (χ0v) is 19.1. The highest BCUT2D eigenvalue weighted by atomic mass is 28.4. The molecule has 1 aromatic rings. The minimum absolute atomic E-state index is 0.194. The van der Waals surface area contributed by atoms with Crippen molar-refractivity contribution in [2.45, 2.75) is 70.6 Å². The number of carbonyl (C=O) groups is 1. The Morgan fingerprint density at radius 1 is 1.33 bits per heavy atom. The van der Waals surface area contributed by atoms with Crippen molar-refractivity contribution >= 4 is 25.6 Å². The number of amides is 1. The van der Waals surface area contributed by atoms with Crippen LogP contribution in [0.1, 0.15) is 52.5 Å². The molecule has 1 aliphatic rings. The van der Waals surface area contributed by atoms with Gasteiger partial charge in [-0.25, -0.2) is 0 Å². The van der Waals surface area contributed by atoms with Gasteiger partial charge in [0.15, 0.2) is 8.32 Å². The fourth-order valence-corrected chi connectivity index (χ4v) is 4.28. The molecule has 1 atom stereocenters. The summed E-state index contributed by atoms with van der Waals surface area (Å²) in [5.74, 6) is 0.194. The van der Waals surface area contributed by atoms with E-state index in [0.717, 1.165) is 42.9 Å². The number of nitrogens with one attached hydrogen (secondary N) is 1. The fourth-order valence-electron chi connectivity index (χ4n) is 3.20. The van der Waals surface area contributed by atoms with Gasteiger partial charge in [0.05, 0.1) is 16.9 Å². The Morgan fingerprint density at radius 2 is 2.00 bits per heavy atom. The van der Waals surface area contributed by atoms with Crippen molar-refractivity contribution in [3.63, 3.8) is 0 Å². The molecule has 1 saturated heterocycles. The van der Waals surface area contributed by atoms with Crippen molar-refractivity contribution in [3.05, 3.63) is 23.8 Å². The average Bonchev–Trinajstić information content (AvgIpc) is 2.83. The van der Waals surface area contributed by atoms with Gasteiger partial charge in [-0.3, -0.25) is 4.79 Å². The molecule has 5 nitrogen and oxygen atoms in total. The number of hydrogen-bond acceptors (Lipinski definition) is 4. The van der Waals surface area contributed by atoms with Crippen LogP contribution in [0, 0.1) is 0 Å². The number of nitrogen functional groups attached to an aromatic ring is 1. The maximum Gasteiger partial charge on any atom is 0.223 e. The van der Waals surface area contributed by atoms with Crippen LogP contribution in [0.3, 0.4) is 0 Å². The Morgan fingerprint density at radius 3 is 2.52 bits per heavy atom. The van der Waals surface area contributed by atoms with Crippen molar-refractivity contribution < 1.29 is 9.22 Å². The lowest BCUT2D eigenvalue weighted by atomic mass is 9.89. The first-order valence-electron chi connectivity index (χ1n) is 9.93. The van der Waals surface area contributed by atoms with Gasteiger partial charge in [-0.15, -0.1) is 0 Å². The number of rotatable bonds is 7. The predicted molar refractivity (Wildman–Crippen MR) is 116 cm³/mol. The van der Waals surface area contributed by atoms with Crippen LogP contribution in [0.4, 0.5) is 11.4 Å². The molecule has 1 heterocycles. The Balaban J connectivity index is 1.89. The summed E-state index contributed by atoms with van der Waals surface area (Å²) < 4.78 is 6.21. The Labute approximate surface area is 165 Å². The van der Waals surface area contributed by atoms with E-state index in [9.17, 15) is 4.79 Å². The van der Waals surface area contributed by atoms with Crippen LogP contribution < -0.4 is 11.1 Å². The highest BCUT2D eigenvalue weighted by molar-refractivity contribution is 6.74. The maximum absolute atomic E-state index is 11.9. The Hall–Kier alpha value is -1.53. The standard InChI is InChI=1S/C21H37N3O2Si/c1-20(2,3)27(6,7)26-14-8-13-23-18-10-9-16(15-17(18)22)21(4)12-11-19(25)24(21)5/h9-10,15,23H,8,11-14,22H2,1-7H3. The van der Waals surface area contributed by atoms with Gasteiger partial charge < -0.3 is 20.4 Å². The van der Waals surface area contributed by atoms with Gasteiger partial charge in [0.1, 0.15) is 0 Å². The topological polar surface area (TPSA) is 67.6 Å². The predicted octanol–water partition coefficient (Wildman–Crippen LogP) is 4.56. The fraction of sp³-hybridized carbons (Fsp3) is 0.667. The molecule has 0 saturated carbocycles. The van der Waals surface area contributed by atoms with Crippen LogP contribution in [0.2, 0.25) is 18.1 Å². The molecule has 1 unspecified atom stereocenters.